The Bertz CT molecular complexity index is 1170. The number of aromatic nitrogens is 1. The van der Waals surface area contributed by atoms with Crippen LogP contribution < -0.4 is 5.32 Å². The topological polar surface area (TPSA) is 57.8 Å². The summed E-state index contributed by atoms with van der Waals surface area (Å²) in [6.07, 6.45) is 1.50. The molecule has 0 aliphatic carbocycles. The first-order valence-corrected chi connectivity index (χ1v) is 9.32. The number of carbonyl (C=O) groups excluding carboxylic acids is 1. The van der Waals surface area contributed by atoms with Crippen LogP contribution in [0.25, 0.3) is 11.8 Å². The van der Waals surface area contributed by atoms with Crippen molar-refractivity contribution in [1.82, 2.24) is 4.57 Å². The van der Waals surface area contributed by atoms with Crippen molar-refractivity contribution in [3.8, 4) is 11.8 Å². The number of anilines is 1. The van der Waals surface area contributed by atoms with Gasteiger partial charge in [-0.3, -0.25) is 4.79 Å². The van der Waals surface area contributed by atoms with Gasteiger partial charge in [-0.1, -0.05) is 29.8 Å². The van der Waals surface area contributed by atoms with Gasteiger partial charge < -0.3 is 9.88 Å². The number of para-hydroxylation sites is 1. The third-order valence-electron chi connectivity index (χ3n) is 4.67. The predicted octanol–water partition coefficient (Wildman–Crippen LogP) is 5.74. The second kappa shape index (κ2) is 8.34. The number of aryl methyl sites for hydroxylation is 2. The second-order valence-electron chi connectivity index (χ2n) is 6.70. The first kappa shape index (κ1) is 20.4. The fraction of sp³-hybridized carbons (Fsp3) is 0.130. The van der Waals surface area contributed by atoms with Gasteiger partial charge in [0.15, 0.2) is 0 Å². The molecule has 0 saturated heterocycles. The van der Waals surface area contributed by atoms with Gasteiger partial charge in [0, 0.05) is 22.1 Å². The molecule has 1 aromatic heterocycles. The number of amides is 1. The Morgan fingerprint density at radius 2 is 1.90 bits per heavy atom. The Labute approximate surface area is 173 Å². The lowest BCUT2D eigenvalue weighted by Gasteiger charge is -2.11. The largest absolute Gasteiger partial charge is 0.319 e. The lowest BCUT2D eigenvalue weighted by atomic mass is 10.1. The van der Waals surface area contributed by atoms with Crippen LogP contribution in [0.5, 0.6) is 0 Å². The number of hydrogen-bond donors (Lipinski definition) is 1. The van der Waals surface area contributed by atoms with Crippen LogP contribution in [-0.2, 0) is 4.79 Å². The summed E-state index contributed by atoms with van der Waals surface area (Å²) in [5.74, 6) is -1.23. The fourth-order valence-corrected chi connectivity index (χ4v) is 3.28. The van der Waals surface area contributed by atoms with Gasteiger partial charge in [-0.15, -0.1) is 0 Å². The summed E-state index contributed by atoms with van der Waals surface area (Å²) in [5.41, 5.74) is 4.29. The second-order valence-corrected chi connectivity index (χ2v) is 7.11. The Kier molecular flexibility index (Phi) is 5.86. The van der Waals surface area contributed by atoms with Gasteiger partial charge in [0.2, 0.25) is 0 Å². The number of nitriles is 1. The van der Waals surface area contributed by atoms with Gasteiger partial charge in [-0.25, -0.2) is 4.39 Å². The molecule has 0 aliphatic rings. The highest BCUT2D eigenvalue weighted by Gasteiger charge is 2.15. The first-order valence-electron chi connectivity index (χ1n) is 8.95. The Morgan fingerprint density at radius 3 is 2.55 bits per heavy atom. The van der Waals surface area contributed by atoms with Crippen LogP contribution in [0.3, 0.4) is 0 Å². The molecule has 0 radical (unpaired) electrons. The first-order chi connectivity index (χ1) is 13.8. The number of halogens is 2. The quantitative estimate of drug-likeness (QED) is 0.442. The monoisotopic (exact) mass is 407 g/mol. The highest BCUT2D eigenvalue weighted by atomic mass is 35.5. The van der Waals surface area contributed by atoms with E-state index in [1.165, 1.54) is 24.3 Å². The van der Waals surface area contributed by atoms with Crippen LogP contribution >= 0.6 is 11.6 Å². The number of carbonyl (C=O) groups is 1. The molecule has 0 aliphatic heterocycles. The van der Waals surface area contributed by atoms with Gasteiger partial charge in [-0.2, -0.15) is 5.26 Å². The molecule has 0 fully saturated rings. The van der Waals surface area contributed by atoms with E-state index in [0.29, 0.717) is 5.02 Å². The summed E-state index contributed by atoms with van der Waals surface area (Å²) >= 11 is 6.26. The Balaban J connectivity index is 1.96. The van der Waals surface area contributed by atoms with Crippen LogP contribution in [0.15, 0.2) is 54.1 Å². The summed E-state index contributed by atoms with van der Waals surface area (Å²) < 4.78 is 15.8. The summed E-state index contributed by atoms with van der Waals surface area (Å²) in [6.45, 7) is 5.77. The zero-order valence-electron chi connectivity index (χ0n) is 16.3. The van der Waals surface area contributed by atoms with E-state index in [2.05, 4.69) is 5.32 Å². The minimum absolute atomic E-state index is 0.0263. The maximum atomic E-state index is 13.8. The standard InChI is InChI=1S/C23H19ClFN3O/c1-14-8-9-19(12-20(14)24)28-15(2)10-17(16(28)3)11-18(13-26)23(29)27-22-7-5-4-6-21(22)25/h4-12H,1-3H3,(H,27,29)/b18-11+. The number of nitrogens with zero attached hydrogens (tertiary/aromatic N) is 2. The van der Waals surface area contributed by atoms with Crippen molar-refractivity contribution < 1.29 is 9.18 Å². The number of nitrogens with one attached hydrogen (secondary N) is 1. The van der Waals surface area contributed by atoms with Gasteiger partial charge >= 0.3 is 0 Å². The summed E-state index contributed by atoms with van der Waals surface area (Å²) in [5, 5.41) is 12.6. The van der Waals surface area contributed by atoms with Crippen LogP contribution in [0, 0.1) is 37.9 Å². The summed E-state index contributed by atoms with van der Waals surface area (Å²) in [4.78, 5) is 12.5. The average Bonchev–Trinajstić information content (AvgIpc) is 2.97. The maximum Gasteiger partial charge on any atom is 0.266 e. The van der Waals surface area contributed by atoms with Crippen LogP contribution in [0.2, 0.25) is 5.02 Å². The van der Waals surface area contributed by atoms with E-state index in [1.807, 2.05) is 55.7 Å². The average molecular weight is 408 g/mol. The molecule has 0 unspecified atom stereocenters. The van der Waals surface area contributed by atoms with E-state index in [4.69, 9.17) is 11.6 Å². The number of hydrogen-bond acceptors (Lipinski definition) is 2. The summed E-state index contributed by atoms with van der Waals surface area (Å²) in [6, 6.07) is 15.4. The molecule has 1 N–H and O–H groups in total. The van der Waals surface area contributed by atoms with Crippen molar-refractivity contribution in [3.63, 3.8) is 0 Å². The predicted molar refractivity (Wildman–Crippen MR) is 114 cm³/mol. The van der Waals surface area contributed by atoms with Gasteiger partial charge in [0.25, 0.3) is 5.91 Å². The molecule has 0 saturated carbocycles. The fourth-order valence-electron chi connectivity index (χ4n) is 3.11. The molecule has 146 valence electrons. The molecule has 0 atom stereocenters. The molecule has 3 rings (SSSR count). The molecule has 29 heavy (non-hydrogen) atoms. The lowest BCUT2D eigenvalue weighted by molar-refractivity contribution is -0.112. The molecule has 2 aromatic carbocycles. The zero-order chi connectivity index (χ0) is 21.1. The van der Waals surface area contributed by atoms with E-state index in [1.54, 1.807) is 6.07 Å². The van der Waals surface area contributed by atoms with Crippen LogP contribution in [0.4, 0.5) is 10.1 Å². The minimum Gasteiger partial charge on any atom is -0.319 e. The number of benzene rings is 2. The molecular formula is C23H19ClFN3O. The van der Waals surface area contributed by atoms with Gasteiger partial charge in [0.1, 0.15) is 17.5 Å². The molecule has 1 amide bonds. The van der Waals surface area contributed by atoms with Crippen LogP contribution in [0.1, 0.15) is 22.5 Å². The zero-order valence-corrected chi connectivity index (χ0v) is 17.0. The van der Waals surface area contributed by atoms with E-state index >= 15 is 0 Å². The lowest BCUT2D eigenvalue weighted by Crippen LogP contribution is -2.14. The molecule has 1 heterocycles. The molecule has 3 aromatic rings. The van der Waals surface area contributed by atoms with Crippen molar-refractivity contribution in [1.29, 1.82) is 5.26 Å². The van der Waals surface area contributed by atoms with E-state index in [9.17, 15) is 14.4 Å². The van der Waals surface area contributed by atoms with Crippen molar-refractivity contribution in [2.24, 2.45) is 0 Å². The molecule has 0 bridgehead atoms. The molecule has 4 nitrogen and oxygen atoms in total. The normalized spacial score (nSPS) is 11.2. The van der Waals surface area contributed by atoms with E-state index in [0.717, 1.165) is 28.2 Å². The van der Waals surface area contributed by atoms with Crippen molar-refractivity contribution in [3.05, 3.63) is 87.5 Å². The SMILES string of the molecule is Cc1ccc(-n2c(C)cc(/C=C(\C#N)C(=O)Nc3ccccc3F)c2C)cc1Cl. The smallest absolute Gasteiger partial charge is 0.266 e. The maximum absolute atomic E-state index is 13.8. The van der Waals surface area contributed by atoms with Crippen molar-refractivity contribution in [2.45, 2.75) is 20.8 Å². The van der Waals surface area contributed by atoms with Crippen molar-refractivity contribution >= 4 is 29.3 Å². The van der Waals surface area contributed by atoms with E-state index < -0.39 is 11.7 Å². The molecule has 6 heteroatoms. The minimum atomic E-state index is -0.666. The van der Waals surface area contributed by atoms with Crippen molar-refractivity contribution in [2.75, 3.05) is 5.32 Å². The summed E-state index contributed by atoms with van der Waals surface area (Å²) in [7, 11) is 0. The van der Waals surface area contributed by atoms with Crippen LogP contribution in [-0.4, -0.2) is 10.5 Å². The highest BCUT2D eigenvalue weighted by Crippen LogP contribution is 2.26. The molecular weight excluding hydrogens is 389 g/mol. The third kappa shape index (κ3) is 4.23. The van der Waals surface area contributed by atoms with E-state index in [-0.39, 0.29) is 11.3 Å². The molecule has 0 spiro atoms. The van der Waals surface area contributed by atoms with Gasteiger partial charge in [-0.05, 0) is 68.3 Å². The number of rotatable bonds is 4. The Morgan fingerprint density at radius 1 is 1.17 bits per heavy atom. The Hall–Kier alpha value is -3.36. The third-order valence-corrected chi connectivity index (χ3v) is 5.08. The van der Waals surface area contributed by atoms with Gasteiger partial charge in [0.05, 0.1) is 5.69 Å². The highest BCUT2D eigenvalue weighted by molar-refractivity contribution is 6.31.